The van der Waals surface area contributed by atoms with Crippen LogP contribution in [0.2, 0.25) is 0 Å². The third-order valence-corrected chi connectivity index (χ3v) is 6.11. The van der Waals surface area contributed by atoms with Crippen LogP contribution in [0.4, 0.5) is 0 Å². The number of fused-ring (bicyclic) bond motifs is 1. The zero-order valence-electron chi connectivity index (χ0n) is 17.9. The minimum atomic E-state index is -0.687. The van der Waals surface area contributed by atoms with Crippen LogP contribution in [-0.2, 0) is 14.9 Å². The van der Waals surface area contributed by atoms with Crippen LogP contribution >= 0.6 is 0 Å². The summed E-state index contributed by atoms with van der Waals surface area (Å²) in [7, 11) is 0. The zero-order chi connectivity index (χ0) is 21.8. The number of carbonyl (C=O) groups excluding carboxylic acids is 1. The molecule has 1 amide bonds. The minimum Gasteiger partial charge on any atom is -0.494 e. The van der Waals surface area contributed by atoms with Gasteiger partial charge in [0.25, 0.3) is 0 Å². The summed E-state index contributed by atoms with van der Waals surface area (Å²) in [5, 5.41) is 3.08. The number of carbonyl (C=O) groups is 1. The second-order valence-electron chi connectivity index (χ2n) is 7.95. The smallest absolute Gasteiger partial charge is 0.420 e. The van der Waals surface area contributed by atoms with Crippen molar-refractivity contribution in [1.29, 1.82) is 0 Å². The Balaban J connectivity index is 1.53. The van der Waals surface area contributed by atoms with Crippen LogP contribution in [0.5, 0.6) is 5.75 Å². The zero-order valence-corrected chi connectivity index (χ0v) is 17.9. The van der Waals surface area contributed by atoms with E-state index in [9.17, 15) is 9.59 Å². The van der Waals surface area contributed by atoms with Gasteiger partial charge in [-0.2, -0.15) is 0 Å². The van der Waals surface area contributed by atoms with Crippen molar-refractivity contribution >= 4 is 17.0 Å². The van der Waals surface area contributed by atoms with Gasteiger partial charge in [-0.1, -0.05) is 24.3 Å². The fourth-order valence-corrected chi connectivity index (χ4v) is 4.27. The van der Waals surface area contributed by atoms with Crippen LogP contribution in [-0.4, -0.2) is 36.8 Å². The lowest BCUT2D eigenvalue weighted by atomic mass is 9.74. The molecule has 0 radical (unpaired) electrons. The van der Waals surface area contributed by atoms with E-state index in [-0.39, 0.29) is 11.3 Å². The molecule has 1 aliphatic rings. The van der Waals surface area contributed by atoms with E-state index >= 15 is 0 Å². The first-order valence-corrected chi connectivity index (χ1v) is 10.7. The first-order valence-electron chi connectivity index (χ1n) is 10.7. The van der Waals surface area contributed by atoms with E-state index in [0.29, 0.717) is 37.5 Å². The molecule has 0 saturated carbocycles. The predicted octanol–water partition coefficient (Wildman–Crippen LogP) is 3.42. The van der Waals surface area contributed by atoms with Crippen LogP contribution < -0.4 is 15.8 Å². The molecule has 2 heterocycles. The highest BCUT2D eigenvalue weighted by atomic mass is 16.5. The number of hydrogen-bond acceptors (Lipinski definition) is 5. The first kappa shape index (κ1) is 21.2. The number of benzene rings is 2. The van der Waals surface area contributed by atoms with Gasteiger partial charge in [0, 0.05) is 25.2 Å². The molecule has 1 atom stereocenters. The van der Waals surface area contributed by atoms with Crippen molar-refractivity contribution in [3.8, 4) is 5.75 Å². The molecule has 1 aromatic heterocycles. The fourth-order valence-electron chi connectivity index (χ4n) is 4.27. The van der Waals surface area contributed by atoms with E-state index < -0.39 is 11.8 Å². The average Bonchev–Trinajstić information content (AvgIpc) is 3.14. The van der Waals surface area contributed by atoms with Crippen LogP contribution in [0.1, 0.15) is 38.3 Å². The molecule has 1 unspecified atom stereocenters. The highest BCUT2D eigenvalue weighted by Crippen LogP contribution is 2.35. The third kappa shape index (κ3) is 4.23. The largest absolute Gasteiger partial charge is 0.494 e. The van der Waals surface area contributed by atoms with E-state index in [0.717, 1.165) is 24.2 Å². The average molecular weight is 424 g/mol. The lowest BCUT2D eigenvalue weighted by molar-refractivity contribution is -0.124. The highest BCUT2D eigenvalue weighted by molar-refractivity contribution is 5.83. The van der Waals surface area contributed by atoms with Crippen molar-refractivity contribution in [3.63, 3.8) is 0 Å². The molecule has 4 rings (SSSR count). The SMILES string of the molecule is CCOc1ccc(C2(CNC(=O)C(C)n3c(=O)oc4ccccc43)CCOCC2)cc1. The summed E-state index contributed by atoms with van der Waals surface area (Å²) >= 11 is 0. The van der Waals surface area contributed by atoms with Crippen molar-refractivity contribution in [2.24, 2.45) is 0 Å². The normalized spacial score (nSPS) is 16.7. The summed E-state index contributed by atoms with van der Waals surface area (Å²) in [6.45, 7) is 6.05. The molecular formula is C24H28N2O5. The van der Waals surface area contributed by atoms with Gasteiger partial charge in [-0.15, -0.1) is 0 Å². The Morgan fingerprint density at radius 3 is 2.58 bits per heavy atom. The summed E-state index contributed by atoms with van der Waals surface area (Å²) < 4.78 is 17.8. The molecule has 31 heavy (non-hydrogen) atoms. The maximum atomic E-state index is 13.0. The Morgan fingerprint density at radius 1 is 1.16 bits per heavy atom. The highest BCUT2D eigenvalue weighted by Gasteiger charge is 2.35. The van der Waals surface area contributed by atoms with E-state index in [1.807, 2.05) is 25.1 Å². The Kier molecular flexibility index (Phi) is 6.13. The predicted molar refractivity (Wildman–Crippen MR) is 118 cm³/mol. The first-order chi connectivity index (χ1) is 15.0. The Bertz CT molecular complexity index is 1090. The quantitative estimate of drug-likeness (QED) is 0.628. The Labute approximate surface area is 181 Å². The number of oxazole rings is 1. The number of hydrogen-bond donors (Lipinski definition) is 1. The van der Waals surface area contributed by atoms with Crippen molar-refractivity contribution < 1.29 is 18.7 Å². The third-order valence-electron chi connectivity index (χ3n) is 6.11. The summed E-state index contributed by atoms with van der Waals surface area (Å²) in [5.74, 6) is 0.0823. The molecule has 2 aromatic carbocycles. The molecule has 0 aliphatic carbocycles. The Hall–Kier alpha value is -3.06. The van der Waals surface area contributed by atoms with Gasteiger partial charge in [0.2, 0.25) is 5.91 Å². The molecule has 1 saturated heterocycles. The molecule has 3 aromatic rings. The summed E-state index contributed by atoms with van der Waals surface area (Å²) in [5.41, 5.74) is 2.02. The van der Waals surface area contributed by atoms with E-state index in [1.54, 1.807) is 25.1 Å². The van der Waals surface area contributed by atoms with Crippen molar-refractivity contribution in [2.75, 3.05) is 26.4 Å². The standard InChI is InChI=1S/C24H28N2O5/c1-3-30-19-10-8-18(9-11-19)24(12-14-29-15-13-24)16-25-22(27)17(2)26-20-6-4-5-7-21(20)31-23(26)28/h4-11,17H,3,12-16H2,1-2H3,(H,25,27). The second kappa shape index (κ2) is 8.98. The van der Waals surface area contributed by atoms with Crippen LogP contribution in [0.25, 0.3) is 11.1 Å². The van der Waals surface area contributed by atoms with Crippen molar-refractivity contribution in [2.45, 2.75) is 38.1 Å². The number of nitrogens with zero attached hydrogens (tertiary/aromatic N) is 1. The molecule has 0 bridgehead atoms. The van der Waals surface area contributed by atoms with Gasteiger partial charge in [-0.25, -0.2) is 4.79 Å². The van der Waals surface area contributed by atoms with Crippen molar-refractivity contribution in [3.05, 3.63) is 64.6 Å². The molecule has 1 N–H and O–H groups in total. The molecule has 7 heteroatoms. The van der Waals surface area contributed by atoms with Gasteiger partial charge in [0.1, 0.15) is 11.8 Å². The molecule has 164 valence electrons. The van der Waals surface area contributed by atoms with Gasteiger partial charge >= 0.3 is 5.76 Å². The lowest BCUT2D eigenvalue weighted by Crippen LogP contribution is -2.46. The molecular weight excluding hydrogens is 396 g/mol. The van der Waals surface area contributed by atoms with Gasteiger partial charge in [-0.05, 0) is 56.5 Å². The molecule has 1 fully saturated rings. The summed E-state index contributed by atoms with van der Waals surface area (Å²) in [6, 6.07) is 14.5. The maximum Gasteiger partial charge on any atom is 0.420 e. The number of aromatic nitrogens is 1. The van der Waals surface area contributed by atoms with E-state index in [2.05, 4.69) is 17.4 Å². The van der Waals surface area contributed by atoms with E-state index in [1.165, 1.54) is 4.57 Å². The number of ether oxygens (including phenoxy) is 2. The maximum absolute atomic E-state index is 13.0. The minimum absolute atomic E-state index is 0.217. The summed E-state index contributed by atoms with van der Waals surface area (Å²) in [4.78, 5) is 25.4. The monoisotopic (exact) mass is 424 g/mol. The molecule has 0 spiro atoms. The van der Waals surface area contributed by atoms with Crippen LogP contribution in [0.3, 0.4) is 0 Å². The number of para-hydroxylation sites is 2. The Morgan fingerprint density at radius 2 is 1.87 bits per heavy atom. The van der Waals surface area contributed by atoms with Gasteiger partial charge in [-0.3, -0.25) is 9.36 Å². The number of rotatable bonds is 7. The lowest BCUT2D eigenvalue weighted by Gasteiger charge is -2.38. The fraction of sp³-hybridized carbons (Fsp3) is 0.417. The van der Waals surface area contributed by atoms with E-state index in [4.69, 9.17) is 13.9 Å². The molecule has 7 nitrogen and oxygen atoms in total. The second-order valence-corrected chi connectivity index (χ2v) is 7.95. The van der Waals surface area contributed by atoms with Gasteiger partial charge in [0.15, 0.2) is 5.58 Å². The topological polar surface area (TPSA) is 82.7 Å². The van der Waals surface area contributed by atoms with Gasteiger partial charge < -0.3 is 19.2 Å². The van der Waals surface area contributed by atoms with Crippen molar-refractivity contribution in [1.82, 2.24) is 9.88 Å². The molecule has 1 aliphatic heterocycles. The van der Waals surface area contributed by atoms with Crippen LogP contribution in [0.15, 0.2) is 57.7 Å². The number of nitrogens with one attached hydrogen (secondary N) is 1. The van der Waals surface area contributed by atoms with Crippen LogP contribution in [0, 0.1) is 0 Å². The summed E-state index contributed by atoms with van der Waals surface area (Å²) in [6.07, 6.45) is 1.62. The number of amides is 1. The van der Waals surface area contributed by atoms with Gasteiger partial charge in [0.05, 0.1) is 12.1 Å².